The summed E-state index contributed by atoms with van der Waals surface area (Å²) in [6.07, 6.45) is -10.0. The van der Waals surface area contributed by atoms with Gasteiger partial charge in [0.05, 0.1) is 30.8 Å². The van der Waals surface area contributed by atoms with E-state index in [2.05, 4.69) is 54.5 Å². The fraction of sp³-hybridized carbons (Fsp3) is 0.936. The Balaban J connectivity index is 0.952. The number of carbonyl (C=O) groups is 1. The first-order valence-electron chi connectivity index (χ1n) is 23.6. The predicted molar refractivity (Wildman–Crippen MR) is 223 cm³/mol. The number of hydrogen-bond acceptors (Lipinski definition) is 15. The largest absolute Gasteiger partial charge is 0.481 e. The molecule has 0 spiro atoms. The van der Waals surface area contributed by atoms with Crippen LogP contribution in [0.2, 0.25) is 0 Å². The van der Waals surface area contributed by atoms with Crippen LogP contribution in [0.5, 0.6) is 0 Å². The van der Waals surface area contributed by atoms with E-state index in [1.165, 1.54) is 12.5 Å². The van der Waals surface area contributed by atoms with Crippen LogP contribution < -0.4 is 0 Å². The summed E-state index contributed by atoms with van der Waals surface area (Å²) >= 11 is 0. The van der Waals surface area contributed by atoms with Crippen molar-refractivity contribution in [1.29, 1.82) is 0 Å². The van der Waals surface area contributed by atoms with Crippen molar-refractivity contribution < 1.29 is 79.2 Å². The first kappa shape index (κ1) is 48.1. The van der Waals surface area contributed by atoms with Crippen LogP contribution in [0, 0.1) is 50.2 Å². The maximum absolute atomic E-state index is 13.1. The number of aliphatic hydroxyl groups is 8. The molecule has 22 atom stereocenters. The second kappa shape index (κ2) is 16.7. The lowest BCUT2D eigenvalue weighted by molar-refractivity contribution is -0.382. The van der Waals surface area contributed by atoms with E-state index < -0.39 is 104 Å². The van der Waals surface area contributed by atoms with Gasteiger partial charge in [-0.05, 0) is 116 Å². The summed E-state index contributed by atoms with van der Waals surface area (Å²) in [5.74, 6) is 0.0795. The fourth-order valence-corrected chi connectivity index (χ4v) is 14.8. The molecule has 16 nitrogen and oxygen atoms in total. The molecule has 0 amide bonds. The van der Waals surface area contributed by atoms with Crippen molar-refractivity contribution in [2.24, 2.45) is 50.2 Å². The molecule has 3 aliphatic heterocycles. The van der Waals surface area contributed by atoms with Gasteiger partial charge < -0.3 is 74.4 Å². The third-order valence-electron chi connectivity index (χ3n) is 19.0. The molecule has 63 heavy (non-hydrogen) atoms. The Labute approximate surface area is 371 Å². The Kier molecular flexibility index (Phi) is 12.8. The number of carboxylic acid groups (broad SMARTS) is 1. The molecule has 7 fully saturated rings. The minimum atomic E-state index is -1.76. The number of carboxylic acids is 1. The molecule has 8 aliphatic rings. The molecule has 5 aliphatic carbocycles. The highest BCUT2D eigenvalue weighted by Gasteiger charge is 2.69. The van der Waals surface area contributed by atoms with E-state index >= 15 is 0 Å². The Morgan fingerprint density at radius 3 is 2.08 bits per heavy atom. The first-order chi connectivity index (χ1) is 29.4. The Morgan fingerprint density at radius 1 is 0.714 bits per heavy atom. The number of aliphatic carboxylic acids is 1. The molecule has 0 aromatic heterocycles. The summed E-state index contributed by atoms with van der Waals surface area (Å²) in [6, 6.07) is 0. The molecule has 9 N–H and O–H groups in total. The van der Waals surface area contributed by atoms with Gasteiger partial charge in [0, 0.05) is 0 Å². The average molecular weight is 897 g/mol. The highest BCUT2D eigenvalue weighted by molar-refractivity contribution is 5.76. The van der Waals surface area contributed by atoms with Crippen LogP contribution >= 0.6 is 0 Å². The minimum Gasteiger partial charge on any atom is -0.481 e. The normalized spacial score (nSPS) is 54.1. The molecule has 0 radical (unpaired) electrons. The van der Waals surface area contributed by atoms with Crippen molar-refractivity contribution in [1.82, 2.24) is 0 Å². The molecule has 16 heteroatoms. The summed E-state index contributed by atoms with van der Waals surface area (Å²) in [4.78, 5) is 13.1. The van der Waals surface area contributed by atoms with Gasteiger partial charge in [-0.1, -0.05) is 60.1 Å². The SMILES string of the molecule is C[C@@H]1O[C@@H](O[C@H]2[C@H](O[C@H]3CO[C@@H](O[C@H]4CC[C@]5(C)[C@H]6CC=C7[C@@H]8CC(C)(C)CC[C@]8(C(=O)O)CC[C@@]7(C)[C@]6(C)CC[C@H]5C4(C)C)[C@H](O)[C@H]3O)O[C@H](CO)[C@@H](O)[C@@H]2O)[C@H](O)[C@H](O)[C@H]1O. The zero-order valence-electron chi connectivity index (χ0n) is 38.3. The van der Waals surface area contributed by atoms with Crippen LogP contribution in [0.25, 0.3) is 0 Å². The topological polar surface area (TPSA) is 255 Å². The molecule has 360 valence electrons. The van der Waals surface area contributed by atoms with E-state index in [1.807, 2.05) is 0 Å². The predicted octanol–water partition coefficient (Wildman–Crippen LogP) is 2.37. The number of aliphatic hydroxyl groups excluding tert-OH is 8. The van der Waals surface area contributed by atoms with Gasteiger partial charge in [-0.15, -0.1) is 0 Å². The molecule has 0 bridgehead atoms. The van der Waals surface area contributed by atoms with Gasteiger partial charge in [-0.25, -0.2) is 0 Å². The minimum absolute atomic E-state index is 0.0109. The van der Waals surface area contributed by atoms with Crippen LogP contribution in [-0.4, -0.2) is 157 Å². The molecule has 0 unspecified atom stereocenters. The Morgan fingerprint density at radius 2 is 1.40 bits per heavy atom. The van der Waals surface area contributed by atoms with E-state index in [0.717, 1.165) is 51.4 Å². The van der Waals surface area contributed by atoms with Gasteiger partial charge in [0.25, 0.3) is 0 Å². The average Bonchev–Trinajstić information content (AvgIpc) is 3.22. The highest BCUT2D eigenvalue weighted by atomic mass is 16.8. The quantitative estimate of drug-likeness (QED) is 0.125. The summed E-state index contributed by atoms with van der Waals surface area (Å²) in [6.45, 7) is 16.9. The molecule has 4 saturated carbocycles. The van der Waals surface area contributed by atoms with Gasteiger partial charge in [0.1, 0.15) is 61.0 Å². The monoisotopic (exact) mass is 897 g/mol. The van der Waals surface area contributed by atoms with Crippen molar-refractivity contribution in [2.45, 2.75) is 212 Å². The van der Waals surface area contributed by atoms with Gasteiger partial charge in [-0.2, -0.15) is 0 Å². The van der Waals surface area contributed by atoms with E-state index in [9.17, 15) is 50.8 Å². The highest BCUT2D eigenvalue weighted by Crippen LogP contribution is 2.76. The van der Waals surface area contributed by atoms with Gasteiger partial charge >= 0.3 is 5.97 Å². The van der Waals surface area contributed by atoms with E-state index in [4.69, 9.17) is 28.4 Å². The Hall–Kier alpha value is -1.35. The van der Waals surface area contributed by atoms with E-state index in [1.54, 1.807) is 0 Å². The third kappa shape index (κ3) is 7.51. The molecule has 0 aromatic carbocycles. The van der Waals surface area contributed by atoms with Gasteiger partial charge in [-0.3, -0.25) is 4.79 Å². The summed E-state index contributed by atoms with van der Waals surface area (Å²) in [5, 5.41) is 96.5. The second-order valence-electron chi connectivity index (χ2n) is 23.0. The summed E-state index contributed by atoms with van der Waals surface area (Å²) < 4.78 is 35.9. The Bertz CT molecular complexity index is 1720. The van der Waals surface area contributed by atoms with E-state index in [-0.39, 0.29) is 51.6 Å². The second-order valence-corrected chi connectivity index (χ2v) is 23.0. The lowest BCUT2D eigenvalue weighted by atomic mass is 9.33. The molecule has 8 rings (SSSR count). The molecule has 3 saturated heterocycles. The fourth-order valence-electron chi connectivity index (χ4n) is 14.8. The van der Waals surface area contributed by atoms with Gasteiger partial charge in [0.15, 0.2) is 18.9 Å². The zero-order valence-corrected chi connectivity index (χ0v) is 38.3. The number of ether oxygens (including phenoxy) is 6. The smallest absolute Gasteiger partial charge is 0.310 e. The maximum Gasteiger partial charge on any atom is 0.310 e. The summed E-state index contributed by atoms with van der Waals surface area (Å²) in [5.41, 5.74) is 0.321. The number of rotatable bonds is 8. The summed E-state index contributed by atoms with van der Waals surface area (Å²) in [7, 11) is 0. The lowest BCUT2D eigenvalue weighted by Crippen LogP contribution is -2.66. The van der Waals surface area contributed by atoms with Crippen molar-refractivity contribution in [3.63, 3.8) is 0 Å². The van der Waals surface area contributed by atoms with Crippen LogP contribution in [0.15, 0.2) is 11.6 Å². The van der Waals surface area contributed by atoms with Crippen LogP contribution in [0.1, 0.15) is 120 Å². The molecule has 3 heterocycles. The van der Waals surface area contributed by atoms with Crippen molar-refractivity contribution >= 4 is 5.97 Å². The zero-order chi connectivity index (χ0) is 46.0. The van der Waals surface area contributed by atoms with E-state index in [0.29, 0.717) is 18.8 Å². The first-order valence-corrected chi connectivity index (χ1v) is 23.6. The number of allylic oxidation sites excluding steroid dienone is 2. The van der Waals surface area contributed by atoms with Crippen LogP contribution in [0.4, 0.5) is 0 Å². The molecular weight excluding hydrogens is 821 g/mol. The third-order valence-corrected chi connectivity index (χ3v) is 19.0. The van der Waals surface area contributed by atoms with Crippen LogP contribution in [0.3, 0.4) is 0 Å². The standard InChI is InChI=1S/C47H76O16/c1-22-30(49)33(52)36(55)39(59-22)63-37-34(53)31(50)25(20-48)60-40(37)61-26-21-58-38(35(54)32(26)51)62-29-12-13-44(6)27(43(29,4)5)11-14-46(8)28(44)10-9-23-24-19-42(2,3)15-17-47(24,41(56)57)18-16-45(23,46)7/h9,22,24-40,48-55H,10-21H2,1-8H3,(H,56,57)/t22-,24-,25+,26-,27-,28+,29-,30-,31+,32-,33+,34-,35+,36+,37+,38-,39-,40-,44-,45+,46+,47-/m0/s1. The van der Waals surface area contributed by atoms with Gasteiger partial charge in [0.2, 0.25) is 0 Å². The molecular formula is C47H76O16. The molecule has 0 aromatic rings. The van der Waals surface area contributed by atoms with Crippen molar-refractivity contribution in [3.05, 3.63) is 11.6 Å². The lowest BCUT2D eigenvalue weighted by Gasteiger charge is -2.71. The number of fused-ring (bicyclic) bond motifs is 7. The van der Waals surface area contributed by atoms with Crippen LogP contribution in [-0.2, 0) is 33.2 Å². The number of hydrogen-bond donors (Lipinski definition) is 9. The van der Waals surface area contributed by atoms with Crippen molar-refractivity contribution in [2.75, 3.05) is 13.2 Å². The maximum atomic E-state index is 13.1. The van der Waals surface area contributed by atoms with Crippen molar-refractivity contribution in [3.8, 4) is 0 Å².